The quantitative estimate of drug-likeness (QED) is 0.319. The van der Waals surface area contributed by atoms with E-state index in [0.717, 1.165) is 23.7 Å². The maximum atomic E-state index is 12.8. The smallest absolute Gasteiger partial charge is 0.261 e. The van der Waals surface area contributed by atoms with Crippen LogP contribution in [0.25, 0.3) is 0 Å². The van der Waals surface area contributed by atoms with Gasteiger partial charge in [0.1, 0.15) is 5.75 Å². The summed E-state index contributed by atoms with van der Waals surface area (Å²) in [7, 11) is 0. The van der Waals surface area contributed by atoms with E-state index in [0.29, 0.717) is 29.3 Å². The van der Waals surface area contributed by atoms with Gasteiger partial charge in [-0.25, -0.2) is 0 Å². The van der Waals surface area contributed by atoms with Gasteiger partial charge >= 0.3 is 0 Å². The Morgan fingerprint density at radius 1 is 1.03 bits per heavy atom. The minimum Gasteiger partial charge on any atom is -0.493 e. The maximum Gasteiger partial charge on any atom is 0.261 e. The van der Waals surface area contributed by atoms with Gasteiger partial charge in [-0.1, -0.05) is 48.2 Å². The minimum absolute atomic E-state index is 0.147. The number of thiocarbonyl (C=S) groups is 1. The van der Waals surface area contributed by atoms with Gasteiger partial charge in [-0.05, 0) is 55.0 Å². The van der Waals surface area contributed by atoms with E-state index in [2.05, 4.69) is 38.8 Å². The van der Waals surface area contributed by atoms with E-state index < -0.39 is 0 Å². The molecule has 6 nitrogen and oxygen atoms in total. The van der Waals surface area contributed by atoms with Crippen molar-refractivity contribution in [2.24, 2.45) is 0 Å². The first-order chi connectivity index (χ1) is 14.4. The molecule has 0 bridgehead atoms. The van der Waals surface area contributed by atoms with Gasteiger partial charge in [-0.2, -0.15) is 0 Å². The van der Waals surface area contributed by atoms with E-state index >= 15 is 0 Å². The molecular weight excluding hydrogens is 466 g/mol. The van der Waals surface area contributed by atoms with E-state index in [1.165, 1.54) is 13.3 Å². The summed E-state index contributed by atoms with van der Waals surface area (Å²) in [4.78, 5) is 24.0. The number of anilines is 2. The maximum absolute atomic E-state index is 12.8. The molecule has 0 aliphatic heterocycles. The standard InChI is InChI=1S/C22H26BrN3O3S/c1-3-4-5-6-12-29-20-11-10-16(23)13-19(20)21(28)26-22(30)25-18-9-7-8-17(14-18)24-15(2)27/h7-11,13-14H,3-6,12H2,1-2H3,(H,24,27)(H2,25,26,28,30). The first-order valence-corrected chi connectivity index (χ1v) is 11.0. The molecule has 0 saturated carbocycles. The molecule has 3 N–H and O–H groups in total. The number of nitrogens with one attached hydrogen (secondary N) is 3. The molecule has 30 heavy (non-hydrogen) atoms. The zero-order chi connectivity index (χ0) is 21.9. The van der Waals surface area contributed by atoms with Gasteiger partial charge in [-0.3, -0.25) is 14.9 Å². The van der Waals surface area contributed by atoms with Crippen LogP contribution in [0.2, 0.25) is 0 Å². The predicted molar refractivity (Wildman–Crippen MR) is 128 cm³/mol. The van der Waals surface area contributed by atoms with Gasteiger partial charge in [0.2, 0.25) is 5.91 Å². The highest BCUT2D eigenvalue weighted by Crippen LogP contribution is 2.24. The van der Waals surface area contributed by atoms with Crippen molar-refractivity contribution in [1.82, 2.24) is 5.32 Å². The van der Waals surface area contributed by atoms with Crippen LogP contribution in [0.5, 0.6) is 5.75 Å². The summed E-state index contributed by atoms with van der Waals surface area (Å²) in [6, 6.07) is 12.4. The molecule has 0 unspecified atom stereocenters. The molecule has 2 aromatic carbocycles. The van der Waals surface area contributed by atoms with Crippen LogP contribution in [0.4, 0.5) is 11.4 Å². The SMILES string of the molecule is CCCCCCOc1ccc(Br)cc1C(=O)NC(=S)Nc1cccc(NC(C)=O)c1. The van der Waals surface area contributed by atoms with Crippen LogP contribution in [-0.2, 0) is 4.79 Å². The molecule has 0 atom stereocenters. The second kappa shape index (κ2) is 12.3. The molecule has 0 aliphatic carbocycles. The summed E-state index contributed by atoms with van der Waals surface area (Å²) >= 11 is 8.67. The molecular formula is C22H26BrN3O3S. The zero-order valence-corrected chi connectivity index (χ0v) is 19.5. The van der Waals surface area contributed by atoms with Gasteiger partial charge in [0.15, 0.2) is 5.11 Å². The zero-order valence-electron chi connectivity index (χ0n) is 17.1. The van der Waals surface area contributed by atoms with Gasteiger partial charge in [0.25, 0.3) is 5.91 Å². The number of carbonyl (C=O) groups is 2. The van der Waals surface area contributed by atoms with E-state index in [4.69, 9.17) is 17.0 Å². The third-order valence-corrected chi connectivity index (χ3v) is 4.81. The number of unbranched alkanes of at least 4 members (excludes halogenated alkanes) is 3. The van der Waals surface area contributed by atoms with Crippen molar-refractivity contribution in [2.45, 2.75) is 39.5 Å². The number of amides is 2. The number of carbonyl (C=O) groups excluding carboxylic acids is 2. The van der Waals surface area contributed by atoms with E-state index in [1.54, 1.807) is 36.4 Å². The monoisotopic (exact) mass is 491 g/mol. The first-order valence-electron chi connectivity index (χ1n) is 9.81. The number of rotatable bonds is 9. The Labute approximate surface area is 190 Å². The summed E-state index contributed by atoms with van der Waals surface area (Å²) in [6.07, 6.45) is 4.36. The average Bonchev–Trinajstić information content (AvgIpc) is 2.68. The third-order valence-electron chi connectivity index (χ3n) is 4.11. The molecule has 0 heterocycles. The van der Waals surface area contributed by atoms with Crippen molar-refractivity contribution in [3.8, 4) is 5.75 Å². The van der Waals surface area contributed by atoms with Gasteiger partial charge in [0, 0.05) is 22.8 Å². The molecule has 160 valence electrons. The van der Waals surface area contributed by atoms with Gasteiger partial charge < -0.3 is 15.4 Å². The number of hydrogen-bond acceptors (Lipinski definition) is 4. The Morgan fingerprint density at radius 3 is 2.47 bits per heavy atom. The molecule has 0 aromatic heterocycles. The van der Waals surface area contributed by atoms with E-state index in [-0.39, 0.29) is 16.9 Å². The van der Waals surface area contributed by atoms with Crippen LogP contribution in [-0.4, -0.2) is 23.5 Å². The van der Waals surface area contributed by atoms with Gasteiger partial charge in [-0.15, -0.1) is 0 Å². The fourth-order valence-corrected chi connectivity index (χ4v) is 3.30. The number of halogens is 1. The lowest BCUT2D eigenvalue weighted by molar-refractivity contribution is -0.114. The molecule has 2 amide bonds. The summed E-state index contributed by atoms with van der Waals surface area (Å²) in [5.41, 5.74) is 1.68. The summed E-state index contributed by atoms with van der Waals surface area (Å²) in [6.45, 7) is 4.15. The fraction of sp³-hybridized carbons (Fsp3) is 0.318. The minimum atomic E-state index is -0.365. The molecule has 0 saturated heterocycles. The highest BCUT2D eigenvalue weighted by Gasteiger charge is 2.15. The Hall–Kier alpha value is -2.45. The van der Waals surface area contributed by atoms with Crippen LogP contribution < -0.4 is 20.7 Å². The van der Waals surface area contributed by atoms with Crippen molar-refractivity contribution in [1.29, 1.82) is 0 Å². The van der Waals surface area contributed by atoms with Crippen LogP contribution in [0.3, 0.4) is 0 Å². The second-order valence-electron chi connectivity index (χ2n) is 6.72. The molecule has 0 radical (unpaired) electrons. The van der Waals surface area contributed by atoms with Crippen molar-refractivity contribution < 1.29 is 14.3 Å². The van der Waals surface area contributed by atoms with Crippen molar-refractivity contribution >= 4 is 56.4 Å². The van der Waals surface area contributed by atoms with Crippen molar-refractivity contribution in [3.05, 3.63) is 52.5 Å². The van der Waals surface area contributed by atoms with Crippen LogP contribution in [0, 0.1) is 0 Å². The van der Waals surface area contributed by atoms with Gasteiger partial charge in [0.05, 0.1) is 12.2 Å². The molecule has 8 heteroatoms. The van der Waals surface area contributed by atoms with Crippen LogP contribution in [0.1, 0.15) is 49.9 Å². The van der Waals surface area contributed by atoms with Crippen LogP contribution >= 0.6 is 28.1 Å². The molecule has 2 aromatic rings. The Balaban J connectivity index is 2.00. The molecule has 2 rings (SSSR count). The summed E-state index contributed by atoms with van der Waals surface area (Å²) in [5, 5.41) is 8.48. The average molecular weight is 492 g/mol. The highest BCUT2D eigenvalue weighted by atomic mass is 79.9. The normalized spacial score (nSPS) is 10.2. The lowest BCUT2D eigenvalue weighted by Crippen LogP contribution is -2.34. The summed E-state index contributed by atoms with van der Waals surface area (Å²) < 4.78 is 6.60. The predicted octanol–water partition coefficient (Wildman–Crippen LogP) is 5.49. The largest absolute Gasteiger partial charge is 0.493 e. The Bertz CT molecular complexity index is 905. The van der Waals surface area contributed by atoms with Crippen molar-refractivity contribution in [3.63, 3.8) is 0 Å². The topological polar surface area (TPSA) is 79.5 Å². The Morgan fingerprint density at radius 2 is 1.77 bits per heavy atom. The molecule has 0 fully saturated rings. The number of hydrogen-bond donors (Lipinski definition) is 3. The number of ether oxygens (including phenoxy) is 1. The molecule has 0 aliphatic rings. The summed E-state index contributed by atoms with van der Waals surface area (Å²) in [5.74, 6) is -0.0158. The van der Waals surface area contributed by atoms with E-state index in [9.17, 15) is 9.59 Å². The number of benzene rings is 2. The third kappa shape index (κ3) is 8.12. The lowest BCUT2D eigenvalue weighted by Gasteiger charge is -2.14. The second-order valence-corrected chi connectivity index (χ2v) is 8.04. The lowest BCUT2D eigenvalue weighted by atomic mass is 10.2. The fourth-order valence-electron chi connectivity index (χ4n) is 2.73. The van der Waals surface area contributed by atoms with Crippen LogP contribution in [0.15, 0.2) is 46.9 Å². The first kappa shape index (κ1) is 23.8. The van der Waals surface area contributed by atoms with E-state index in [1.807, 2.05) is 6.07 Å². The Kier molecular flexibility index (Phi) is 9.76. The molecule has 0 spiro atoms. The van der Waals surface area contributed by atoms with Crippen molar-refractivity contribution in [2.75, 3.05) is 17.2 Å². The highest BCUT2D eigenvalue weighted by molar-refractivity contribution is 9.10.